The number of aliphatic hydroxyl groups is 4. The standard InChI is InChI=1S/C22H23NO8.C2H7N/c23-21(29)17-13(25)9-12-8-11-7-10-3-1-4-14(31-6-2-5-24)15(10)18(26)16(11)19(27)22(12,30)20(17)28;1-3-2/h1,3-4,11-12,24,26,28,30H,2,5-9H2,(H2,23,29);3H,1-2H3/t11-,12-,22-;/m0./s1. The number of ether oxygens (including phenoxy) is 1. The first-order valence-electron chi connectivity index (χ1n) is 11.0. The smallest absolute Gasteiger partial charge is 0.255 e. The van der Waals surface area contributed by atoms with E-state index in [1.54, 1.807) is 18.2 Å². The van der Waals surface area contributed by atoms with Crippen LogP contribution in [0.3, 0.4) is 0 Å². The van der Waals surface area contributed by atoms with Gasteiger partial charge in [0.05, 0.1) is 12.2 Å². The fourth-order valence-electron chi connectivity index (χ4n) is 4.91. The zero-order chi connectivity index (χ0) is 25.2. The molecule has 10 heteroatoms. The van der Waals surface area contributed by atoms with E-state index in [4.69, 9.17) is 15.6 Å². The quantitative estimate of drug-likeness (QED) is 0.259. The van der Waals surface area contributed by atoms with Gasteiger partial charge in [-0.3, -0.25) is 14.4 Å². The van der Waals surface area contributed by atoms with E-state index in [9.17, 15) is 29.7 Å². The first-order chi connectivity index (χ1) is 16.1. The molecule has 1 amide bonds. The van der Waals surface area contributed by atoms with Crippen LogP contribution in [0, 0.1) is 11.8 Å². The van der Waals surface area contributed by atoms with Crippen LogP contribution < -0.4 is 15.8 Å². The first kappa shape index (κ1) is 25.4. The van der Waals surface area contributed by atoms with E-state index < -0.39 is 46.2 Å². The number of hydrogen-bond donors (Lipinski definition) is 6. The van der Waals surface area contributed by atoms with Gasteiger partial charge in [-0.05, 0) is 44.5 Å². The molecule has 0 aromatic heterocycles. The number of amides is 1. The molecule has 1 fully saturated rings. The number of Topliss-reactive ketones (excluding diaryl/α,β-unsaturated/α-hetero) is 2. The lowest BCUT2D eigenvalue weighted by atomic mass is 9.59. The molecular weight excluding hydrogens is 444 g/mol. The minimum atomic E-state index is -2.51. The molecule has 1 saturated carbocycles. The molecule has 0 bridgehead atoms. The van der Waals surface area contributed by atoms with Crippen LogP contribution in [0.1, 0.15) is 30.4 Å². The average Bonchev–Trinajstić information content (AvgIpc) is 2.77. The highest BCUT2D eigenvalue weighted by Crippen LogP contribution is 2.51. The number of hydrogen-bond acceptors (Lipinski definition) is 9. The predicted octanol–water partition coefficient (Wildman–Crippen LogP) is 0.315. The Labute approximate surface area is 196 Å². The van der Waals surface area contributed by atoms with Crippen molar-refractivity contribution in [3.63, 3.8) is 0 Å². The topological polar surface area (TPSA) is 179 Å². The lowest BCUT2D eigenvalue weighted by Gasteiger charge is -2.46. The summed E-state index contributed by atoms with van der Waals surface area (Å²) in [4.78, 5) is 37.3. The number of carbonyl (C=O) groups excluding carboxylic acids is 3. The Hall–Kier alpha value is -3.21. The molecule has 3 aliphatic rings. The van der Waals surface area contributed by atoms with Crippen LogP contribution in [0.4, 0.5) is 0 Å². The van der Waals surface area contributed by atoms with Crippen LogP contribution in [0.5, 0.6) is 5.75 Å². The number of primary amides is 1. The van der Waals surface area contributed by atoms with E-state index in [0.29, 0.717) is 24.2 Å². The molecule has 0 saturated heterocycles. The Morgan fingerprint density at radius 2 is 1.91 bits per heavy atom. The van der Waals surface area contributed by atoms with E-state index in [0.717, 1.165) is 5.56 Å². The Bertz CT molecular complexity index is 1080. The summed E-state index contributed by atoms with van der Waals surface area (Å²) in [5, 5.41) is 44.5. The first-order valence-corrected chi connectivity index (χ1v) is 11.0. The van der Waals surface area contributed by atoms with Crippen LogP contribution in [0.15, 0.2) is 35.1 Å². The summed E-state index contributed by atoms with van der Waals surface area (Å²) < 4.78 is 5.65. The fourth-order valence-corrected chi connectivity index (χ4v) is 4.91. The van der Waals surface area contributed by atoms with Crippen LogP contribution in [0.25, 0.3) is 5.76 Å². The number of fused-ring (bicyclic) bond motifs is 3. The van der Waals surface area contributed by atoms with E-state index >= 15 is 0 Å². The molecular formula is C24H30N2O8. The third kappa shape index (κ3) is 4.08. The van der Waals surface area contributed by atoms with E-state index in [2.05, 4.69) is 5.32 Å². The molecule has 7 N–H and O–H groups in total. The predicted molar refractivity (Wildman–Crippen MR) is 122 cm³/mol. The number of aliphatic hydroxyl groups excluding tert-OH is 3. The molecule has 0 aliphatic heterocycles. The number of nitrogens with one attached hydrogen (secondary N) is 1. The number of rotatable bonds is 5. The molecule has 4 rings (SSSR count). The van der Waals surface area contributed by atoms with Crippen molar-refractivity contribution in [2.45, 2.75) is 31.3 Å². The lowest BCUT2D eigenvalue weighted by molar-refractivity contribution is -0.147. The van der Waals surface area contributed by atoms with Crippen LogP contribution in [0.2, 0.25) is 0 Å². The van der Waals surface area contributed by atoms with Gasteiger partial charge in [0.2, 0.25) is 5.78 Å². The van der Waals surface area contributed by atoms with Crippen molar-refractivity contribution in [3.05, 3.63) is 46.2 Å². The largest absolute Gasteiger partial charge is 0.508 e. The Morgan fingerprint density at radius 1 is 1.24 bits per heavy atom. The molecule has 0 radical (unpaired) electrons. The van der Waals surface area contributed by atoms with Crippen LogP contribution in [-0.2, 0) is 20.8 Å². The van der Waals surface area contributed by atoms with Crippen molar-refractivity contribution in [1.29, 1.82) is 0 Å². The lowest BCUT2D eigenvalue weighted by Crippen LogP contribution is -2.58. The molecule has 184 valence electrons. The van der Waals surface area contributed by atoms with E-state index in [-0.39, 0.29) is 37.4 Å². The molecule has 1 aromatic carbocycles. The molecule has 1 aromatic rings. The summed E-state index contributed by atoms with van der Waals surface area (Å²) in [7, 11) is 3.75. The van der Waals surface area contributed by atoms with Crippen molar-refractivity contribution in [3.8, 4) is 5.75 Å². The van der Waals surface area contributed by atoms with Gasteiger partial charge in [-0.15, -0.1) is 0 Å². The van der Waals surface area contributed by atoms with Crippen molar-refractivity contribution in [1.82, 2.24) is 5.32 Å². The Morgan fingerprint density at radius 3 is 2.53 bits per heavy atom. The van der Waals surface area contributed by atoms with Gasteiger partial charge in [0.25, 0.3) is 5.91 Å². The van der Waals surface area contributed by atoms with Crippen molar-refractivity contribution < 1.29 is 39.5 Å². The molecule has 3 atom stereocenters. The van der Waals surface area contributed by atoms with Crippen molar-refractivity contribution in [2.24, 2.45) is 17.6 Å². The second kappa shape index (κ2) is 9.96. The number of benzene rings is 1. The average molecular weight is 475 g/mol. The van der Waals surface area contributed by atoms with Gasteiger partial charge in [0.1, 0.15) is 22.8 Å². The van der Waals surface area contributed by atoms with Gasteiger partial charge in [-0.1, -0.05) is 12.1 Å². The van der Waals surface area contributed by atoms with Gasteiger partial charge in [-0.25, -0.2) is 0 Å². The maximum absolute atomic E-state index is 13.4. The SMILES string of the molecule is CNC.NC(=O)C1=C(O)[C@@]2(O)C(=O)C3=C(O)c4c(cccc4OCCCO)C[C@H]3C[C@H]2CC1=O. The second-order valence-electron chi connectivity index (χ2n) is 8.62. The summed E-state index contributed by atoms with van der Waals surface area (Å²) in [5.74, 6) is -5.41. The highest BCUT2D eigenvalue weighted by Gasteiger charge is 2.60. The molecule has 3 aliphatic carbocycles. The van der Waals surface area contributed by atoms with Crippen molar-refractivity contribution in [2.75, 3.05) is 27.3 Å². The maximum Gasteiger partial charge on any atom is 0.255 e. The van der Waals surface area contributed by atoms with Crippen LogP contribution in [-0.4, -0.2) is 70.8 Å². The summed E-state index contributed by atoms with van der Waals surface area (Å²) in [5.41, 5.74) is 2.86. The molecule has 0 unspecified atom stereocenters. The summed E-state index contributed by atoms with van der Waals surface area (Å²) in [6.07, 6.45) is 0.586. The third-order valence-electron chi connectivity index (χ3n) is 6.34. The monoisotopic (exact) mass is 474 g/mol. The van der Waals surface area contributed by atoms with Gasteiger partial charge in [0, 0.05) is 30.9 Å². The number of ketones is 2. The fraction of sp³-hybridized carbons (Fsp3) is 0.458. The van der Waals surface area contributed by atoms with Gasteiger partial charge in [-0.2, -0.15) is 0 Å². The number of nitrogens with two attached hydrogens (primary N) is 1. The summed E-state index contributed by atoms with van der Waals surface area (Å²) in [6.45, 7) is 0.135. The third-order valence-corrected chi connectivity index (χ3v) is 6.34. The minimum absolute atomic E-state index is 0.0659. The molecule has 0 heterocycles. The molecule has 34 heavy (non-hydrogen) atoms. The second-order valence-corrected chi connectivity index (χ2v) is 8.62. The zero-order valence-electron chi connectivity index (χ0n) is 19.1. The Balaban J connectivity index is 0.00000103. The highest BCUT2D eigenvalue weighted by molar-refractivity contribution is 6.22. The van der Waals surface area contributed by atoms with Gasteiger partial charge >= 0.3 is 0 Å². The van der Waals surface area contributed by atoms with E-state index in [1.165, 1.54) is 0 Å². The summed E-state index contributed by atoms with van der Waals surface area (Å²) in [6, 6.07) is 5.17. The van der Waals surface area contributed by atoms with E-state index in [1.807, 2.05) is 14.1 Å². The zero-order valence-corrected chi connectivity index (χ0v) is 19.1. The normalized spacial score (nSPS) is 25.6. The van der Waals surface area contributed by atoms with Gasteiger partial charge < -0.3 is 36.2 Å². The number of carbonyl (C=O) groups is 3. The van der Waals surface area contributed by atoms with Crippen LogP contribution >= 0.6 is 0 Å². The summed E-state index contributed by atoms with van der Waals surface area (Å²) >= 11 is 0. The van der Waals surface area contributed by atoms with Crippen molar-refractivity contribution >= 4 is 23.2 Å². The minimum Gasteiger partial charge on any atom is -0.508 e. The highest BCUT2D eigenvalue weighted by atomic mass is 16.5. The Kier molecular flexibility index (Phi) is 7.44. The maximum atomic E-state index is 13.4. The molecule has 0 spiro atoms. The van der Waals surface area contributed by atoms with Gasteiger partial charge in [0.15, 0.2) is 11.4 Å². The molecule has 10 nitrogen and oxygen atoms in total.